The van der Waals surface area contributed by atoms with Gasteiger partial charge in [-0.1, -0.05) is 6.07 Å². The van der Waals surface area contributed by atoms with E-state index in [0.29, 0.717) is 22.5 Å². The second-order valence-electron chi connectivity index (χ2n) is 7.42. The van der Waals surface area contributed by atoms with Crippen molar-refractivity contribution in [1.29, 1.82) is 0 Å². The molecule has 0 aliphatic rings. The molecule has 34 heavy (non-hydrogen) atoms. The molecule has 0 radical (unpaired) electrons. The number of benzene rings is 1. The van der Waals surface area contributed by atoms with Crippen LogP contribution in [0.5, 0.6) is 0 Å². The first kappa shape index (κ1) is 21.5. The number of fused-ring (bicyclic) bond motifs is 3. The zero-order chi connectivity index (χ0) is 24.0. The Labute approximate surface area is 188 Å². The van der Waals surface area contributed by atoms with Gasteiger partial charge in [0.05, 0.1) is 45.7 Å². The van der Waals surface area contributed by atoms with E-state index in [4.69, 9.17) is 0 Å². The summed E-state index contributed by atoms with van der Waals surface area (Å²) in [7, 11) is 0. The van der Waals surface area contributed by atoms with Crippen LogP contribution < -0.4 is 11.2 Å². The molecule has 1 aromatic carbocycles. The van der Waals surface area contributed by atoms with Crippen molar-refractivity contribution in [3.05, 3.63) is 93.0 Å². The molecule has 11 heteroatoms. The maximum absolute atomic E-state index is 13.3. The van der Waals surface area contributed by atoms with Crippen LogP contribution in [-0.2, 0) is 12.8 Å². The molecule has 8 nitrogen and oxygen atoms in total. The molecule has 0 aliphatic carbocycles. The number of alkyl halides is 3. The maximum Gasteiger partial charge on any atom is 0.416 e. The Morgan fingerprint density at radius 2 is 1.82 bits per heavy atom. The van der Waals surface area contributed by atoms with Gasteiger partial charge in [0.1, 0.15) is 5.52 Å². The SMILES string of the molecule is O=c1[nH]c(=O)n(-c2cccc(C(F)(F)F)c2)c2c1cnc1ccc(-c3ccc(CO)nc3)nc12. The normalized spacial score (nSPS) is 11.9. The van der Waals surface area contributed by atoms with E-state index >= 15 is 0 Å². The van der Waals surface area contributed by atoms with Gasteiger partial charge in [-0.25, -0.2) is 9.78 Å². The fraction of sp³-hybridized carbons (Fsp3) is 0.0870. The number of nitrogens with one attached hydrogen (secondary N) is 1. The summed E-state index contributed by atoms with van der Waals surface area (Å²) in [5.41, 5.74) is -0.682. The lowest BCUT2D eigenvalue weighted by molar-refractivity contribution is -0.137. The number of hydrogen-bond acceptors (Lipinski definition) is 6. The Morgan fingerprint density at radius 1 is 1.00 bits per heavy atom. The minimum atomic E-state index is -4.62. The van der Waals surface area contributed by atoms with Crippen molar-refractivity contribution in [2.24, 2.45) is 0 Å². The molecule has 0 amide bonds. The van der Waals surface area contributed by atoms with Crippen LogP contribution in [0.25, 0.3) is 38.9 Å². The molecular formula is C23H14F3N5O3. The topological polar surface area (TPSA) is 114 Å². The highest BCUT2D eigenvalue weighted by Gasteiger charge is 2.31. The van der Waals surface area contributed by atoms with Crippen LogP contribution in [0.2, 0.25) is 0 Å². The summed E-state index contributed by atoms with van der Waals surface area (Å²) >= 11 is 0. The van der Waals surface area contributed by atoms with Crippen molar-refractivity contribution in [2.75, 3.05) is 0 Å². The first-order valence-electron chi connectivity index (χ1n) is 9.95. The van der Waals surface area contributed by atoms with Gasteiger partial charge in [-0.3, -0.25) is 24.3 Å². The summed E-state index contributed by atoms with van der Waals surface area (Å²) in [6.07, 6.45) is -1.87. The summed E-state index contributed by atoms with van der Waals surface area (Å²) in [4.78, 5) is 40.4. The summed E-state index contributed by atoms with van der Waals surface area (Å²) in [6, 6.07) is 10.8. The number of H-pyrrole nitrogens is 1. The molecule has 0 fully saturated rings. The number of halogens is 3. The predicted octanol–water partition coefficient (Wildman–Crippen LogP) is 3.20. The standard InChI is InChI=1S/C23H14F3N5O3/c24-23(25,26)13-2-1-3-15(8-13)31-20-16(21(33)30-22(31)34)10-28-18-7-6-17(29-19(18)20)12-4-5-14(11-32)27-9-12/h1-10,32H,11H2,(H,30,33,34). The van der Waals surface area contributed by atoms with E-state index in [9.17, 15) is 27.9 Å². The monoisotopic (exact) mass is 465 g/mol. The second kappa shape index (κ2) is 7.89. The molecule has 170 valence electrons. The fourth-order valence-electron chi connectivity index (χ4n) is 3.67. The highest BCUT2D eigenvalue weighted by molar-refractivity contribution is 6.01. The molecule has 5 rings (SSSR count). The van der Waals surface area contributed by atoms with Gasteiger partial charge in [0.25, 0.3) is 5.56 Å². The second-order valence-corrected chi connectivity index (χ2v) is 7.42. The van der Waals surface area contributed by atoms with Crippen molar-refractivity contribution in [3.8, 4) is 16.9 Å². The minimum Gasteiger partial charge on any atom is -0.390 e. The van der Waals surface area contributed by atoms with Gasteiger partial charge in [-0.2, -0.15) is 13.2 Å². The summed E-state index contributed by atoms with van der Waals surface area (Å²) in [5.74, 6) is 0. The molecule has 0 bridgehead atoms. The predicted molar refractivity (Wildman–Crippen MR) is 117 cm³/mol. The van der Waals surface area contributed by atoms with Crippen molar-refractivity contribution >= 4 is 21.9 Å². The van der Waals surface area contributed by atoms with Gasteiger partial charge < -0.3 is 5.11 Å². The van der Waals surface area contributed by atoms with Crippen LogP contribution in [0.1, 0.15) is 11.3 Å². The lowest BCUT2D eigenvalue weighted by atomic mass is 10.1. The Balaban J connectivity index is 1.85. The fourth-order valence-corrected chi connectivity index (χ4v) is 3.67. The van der Waals surface area contributed by atoms with E-state index in [-0.39, 0.29) is 28.7 Å². The third-order valence-electron chi connectivity index (χ3n) is 5.29. The number of aliphatic hydroxyl groups is 1. The van der Waals surface area contributed by atoms with Gasteiger partial charge >= 0.3 is 11.9 Å². The molecule has 0 spiro atoms. The Kier molecular flexibility index (Phi) is 4.98. The Morgan fingerprint density at radius 3 is 2.53 bits per heavy atom. The molecular weight excluding hydrogens is 451 g/mol. The Bertz CT molecular complexity index is 1680. The summed E-state index contributed by atoms with van der Waals surface area (Å²) < 4.78 is 40.9. The number of pyridine rings is 3. The number of hydrogen-bond donors (Lipinski definition) is 2. The molecule has 0 aliphatic heterocycles. The number of aliphatic hydroxyl groups excluding tert-OH is 1. The molecule has 2 N–H and O–H groups in total. The summed E-state index contributed by atoms with van der Waals surface area (Å²) in [5, 5.41) is 9.19. The quantitative estimate of drug-likeness (QED) is 0.396. The van der Waals surface area contributed by atoms with E-state index in [0.717, 1.165) is 16.7 Å². The zero-order valence-electron chi connectivity index (χ0n) is 17.2. The van der Waals surface area contributed by atoms with Crippen LogP contribution in [0.3, 0.4) is 0 Å². The summed E-state index contributed by atoms with van der Waals surface area (Å²) in [6.45, 7) is -0.230. The molecule has 4 aromatic heterocycles. The first-order valence-corrected chi connectivity index (χ1v) is 9.95. The van der Waals surface area contributed by atoms with Crippen molar-refractivity contribution in [3.63, 3.8) is 0 Å². The molecule has 0 unspecified atom stereocenters. The first-order chi connectivity index (χ1) is 16.3. The lowest BCUT2D eigenvalue weighted by Crippen LogP contribution is -2.29. The highest BCUT2D eigenvalue weighted by atomic mass is 19.4. The van der Waals surface area contributed by atoms with Crippen molar-refractivity contribution < 1.29 is 18.3 Å². The van der Waals surface area contributed by atoms with Gasteiger partial charge in [-0.15, -0.1) is 0 Å². The number of rotatable bonds is 3. The van der Waals surface area contributed by atoms with E-state index in [2.05, 4.69) is 19.9 Å². The Hall–Kier alpha value is -4.38. The van der Waals surface area contributed by atoms with Crippen LogP contribution in [-0.4, -0.2) is 29.6 Å². The van der Waals surface area contributed by atoms with Crippen LogP contribution in [0, 0.1) is 0 Å². The highest BCUT2D eigenvalue weighted by Crippen LogP contribution is 2.31. The van der Waals surface area contributed by atoms with E-state index < -0.39 is 23.0 Å². The molecule has 5 aromatic rings. The van der Waals surface area contributed by atoms with Gasteiger partial charge in [0.15, 0.2) is 0 Å². The average molecular weight is 465 g/mol. The molecule has 4 heterocycles. The van der Waals surface area contributed by atoms with E-state index in [1.165, 1.54) is 24.5 Å². The largest absolute Gasteiger partial charge is 0.416 e. The zero-order valence-corrected chi connectivity index (χ0v) is 17.2. The van der Waals surface area contributed by atoms with Gasteiger partial charge in [-0.05, 0) is 42.5 Å². The number of aromatic nitrogens is 5. The molecule has 0 saturated carbocycles. The third-order valence-corrected chi connectivity index (χ3v) is 5.29. The average Bonchev–Trinajstić information content (AvgIpc) is 2.83. The van der Waals surface area contributed by atoms with E-state index in [1.807, 2.05) is 0 Å². The van der Waals surface area contributed by atoms with Crippen LogP contribution in [0.4, 0.5) is 13.2 Å². The smallest absolute Gasteiger partial charge is 0.390 e. The van der Waals surface area contributed by atoms with Gasteiger partial charge in [0.2, 0.25) is 0 Å². The molecule has 0 saturated heterocycles. The minimum absolute atomic E-state index is 0.0112. The van der Waals surface area contributed by atoms with Gasteiger partial charge in [0, 0.05) is 18.0 Å². The molecule has 0 atom stereocenters. The number of nitrogens with zero attached hydrogens (tertiary/aromatic N) is 4. The van der Waals surface area contributed by atoms with Crippen LogP contribution in [0.15, 0.2) is 70.5 Å². The van der Waals surface area contributed by atoms with Crippen molar-refractivity contribution in [2.45, 2.75) is 12.8 Å². The third kappa shape index (κ3) is 3.61. The lowest BCUT2D eigenvalue weighted by Gasteiger charge is -2.14. The van der Waals surface area contributed by atoms with Crippen LogP contribution >= 0.6 is 0 Å². The van der Waals surface area contributed by atoms with Crippen molar-refractivity contribution in [1.82, 2.24) is 24.5 Å². The maximum atomic E-state index is 13.3. The number of aromatic amines is 1. The van der Waals surface area contributed by atoms with E-state index in [1.54, 1.807) is 24.3 Å².